The zero-order valence-electron chi connectivity index (χ0n) is 15.4. The summed E-state index contributed by atoms with van der Waals surface area (Å²) < 4.78 is 5.58. The average Bonchev–Trinajstić information content (AvgIpc) is 3.36. The fourth-order valence-electron chi connectivity index (χ4n) is 3.31. The predicted octanol–water partition coefficient (Wildman–Crippen LogP) is 3.81. The molecule has 1 aliphatic rings. The van der Waals surface area contributed by atoms with Crippen LogP contribution < -0.4 is 10.6 Å². The van der Waals surface area contributed by atoms with E-state index < -0.39 is 0 Å². The summed E-state index contributed by atoms with van der Waals surface area (Å²) in [5.41, 5.74) is 3.26. The molecule has 27 heavy (non-hydrogen) atoms. The van der Waals surface area contributed by atoms with Gasteiger partial charge in [0.15, 0.2) is 5.96 Å². The molecule has 1 aliphatic carbocycles. The summed E-state index contributed by atoms with van der Waals surface area (Å²) in [5, 5.41) is 6.72. The lowest BCUT2D eigenvalue weighted by Crippen LogP contribution is -2.38. The van der Waals surface area contributed by atoms with Gasteiger partial charge in [-0.2, -0.15) is 0 Å². The van der Waals surface area contributed by atoms with Gasteiger partial charge in [-0.05, 0) is 36.0 Å². The number of nitrogens with zero attached hydrogens (tertiary/aromatic N) is 2. The number of aromatic nitrogens is 1. The first kappa shape index (κ1) is 17.3. The van der Waals surface area contributed by atoms with Gasteiger partial charge in [-0.1, -0.05) is 48.5 Å². The van der Waals surface area contributed by atoms with Crippen LogP contribution in [-0.2, 0) is 6.54 Å². The number of aliphatic imine (C=N–C) groups is 1. The van der Waals surface area contributed by atoms with E-state index in [1.54, 1.807) is 13.3 Å². The van der Waals surface area contributed by atoms with Crippen LogP contribution in [-0.4, -0.2) is 24.5 Å². The van der Waals surface area contributed by atoms with E-state index in [0.29, 0.717) is 24.3 Å². The maximum absolute atomic E-state index is 5.58. The van der Waals surface area contributed by atoms with E-state index in [-0.39, 0.29) is 0 Å². The third-order valence-electron chi connectivity index (χ3n) is 4.92. The first-order valence-corrected chi connectivity index (χ1v) is 9.33. The van der Waals surface area contributed by atoms with Gasteiger partial charge in [-0.15, -0.1) is 0 Å². The molecule has 1 saturated carbocycles. The molecule has 5 nitrogen and oxygen atoms in total. The normalized spacial score (nSPS) is 18.9. The predicted molar refractivity (Wildman–Crippen MR) is 107 cm³/mol. The lowest BCUT2D eigenvalue weighted by atomic mass is 10.1. The van der Waals surface area contributed by atoms with Crippen molar-refractivity contribution >= 4 is 5.96 Å². The van der Waals surface area contributed by atoms with Crippen molar-refractivity contribution in [2.24, 2.45) is 10.9 Å². The molecule has 2 N–H and O–H groups in total. The van der Waals surface area contributed by atoms with Crippen LogP contribution in [0, 0.1) is 5.92 Å². The maximum atomic E-state index is 5.58. The summed E-state index contributed by atoms with van der Waals surface area (Å²) in [6, 6.07) is 20.6. The van der Waals surface area contributed by atoms with Gasteiger partial charge in [0.2, 0.25) is 5.89 Å². The third-order valence-corrected chi connectivity index (χ3v) is 4.92. The summed E-state index contributed by atoms with van der Waals surface area (Å²) in [7, 11) is 1.79. The minimum Gasteiger partial charge on any atom is -0.444 e. The summed E-state index contributed by atoms with van der Waals surface area (Å²) in [6.45, 7) is 1.50. The second kappa shape index (κ2) is 8.08. The smallest absolute Gasteiger partial charge is 0.226 e. The Labute approximate surface area is 159 Å². The molecule has 2 atom stereocenters. The van der Waals surface area contributed by atoms with Gasteiger partial charge < -0.3 is 15.1 Å². The monoisotopic (exact) mass is 360 g/mol. The van der Waals surface area contributed by atoms with Crippen molar-refractivity contribution in [3.8, 4) is 11.5 Å². The standard InChI is InChI=1S/C22H24N4O/c1-23-22(24-13-18-12-20(18)16-8-4-2-5-9-16)25-14-19-15-27-21(26-19)17-10-6-3-7-11-17/h2-11,15,18,20H,12-14H2,1H3,(H2,23,24,25). The molecule has 2 unspecified atom stereocenters. The van der Waals surface area contributed by atoms with Crippen LogP contribution in [0.1, 0.15) is 23.6 Å². The average molecular weight is 360 g/mol. The van der Waals surface area contributed by atoms with Crippen molar-refractivity contribution in [2.45, 2.75) is 18.9 Å². The number of oxazole rings is 1. The highest BCUT2D eigenvalue weighted by atomic mass is 16.3. The Balaban J connectivity index is 1.25. The Kier molecular flexibility index (Phi) is 5.19. The van der Waals surface area contributed by atoms with Gasteiger partial charge in [0.1, 0.15) is 6.26 Å². The Bertz CT molecular complexity index is 889. The van der Waals surface area contributed by atoms with Crippen molar-refractivity contribution in [1.82, 2.24) is 15.6 Å². The molecule has 0 bridgehead atoms. The minimum absolute atomic E-state index is 0.572. The van der Waals surface area contributed by atoms with E-state index in [0.717, 1.165) is 23.8 Å². The summed E-state index contributed by atoms with van der Waals surface area (Å²) in [4.78, 5) is 8.84. The van der Waals surface area contributed by atoms with E-state index in [1.165, 1.54) is 12.0 Å². The minimum atomic E-state index is 0.572. The molecule has 1 aromatic heterocycles. The van der Waals surface area contributed by atoms with Gasteiger partial charge in [0, 0.05) is 19.2 Å². The van der Waals surface area contributed by atoms with E-state index >= 15 is 0 Å². The second-order valence-corrected chi connectivity index (χ2v) is 6.83. The largest absolute Gasteiger partial charge is 0.444 e. The molecule has 5 heteroatoms. The molecule has 1 fully saturated rings. The molecule has 138 valence electrons. The molecular formula is C22H24N4O. The van der Waals surface area contributed by atoms with Crippen LogP contribution in [0.2, 0.25) is 0 Å². The molecule has 0 spiro atoms. The lowest BCUT2D eigenvalue weighted by Gasteiger charge is -2.10. The summed E-state index contributed by atoms with van der Waals surface area (Å²) >= 11 is 0. The van der Waals surface area contributed by atoms with Gasteiger partial charge in [-0.3, -0.25) is 4.99 Å². The van der Waals surface area contributed by atoms with Gasteiger partial charge in [0.25, 0.3) is 0 Å². The highest BCUT2D eigenvalue weighted by Gasteiger charge is 2.37. The first-order chi connectivity index (χ1) is 13.3. The number of guanidine groups is 1. The van der Waals surface area contributed by atoms with Crippen LogP contribution in [0.5, 0.6) is 0 Å². The van der Waals surface area contributed by atoms with Gasteiger partial charge in [-0.25, -0.2) is 4.98 Å². The summed E-state index contributed by atoms with van der Waals surface area (Å²) in [6.07, 6.45) is 2.92. The summed E-state index contributed by atoms with van der Waals surface area (Å²) in [5.74, 6) is 2.76. The zero-order chi connectivity index (χ0) is 18.5. The van der Waals surface area contributed by atoms with E-state index in [4.69, 9.17) is 4.42 Å². The lowest BCUT2D eigenvalue weighted by molar-refractivity contribution is 0.572. The van der Waals surface area contributed by atoms with Crippen molar-refractivity contribution in [2.75, 3.05) is 13.6 Å². The first-order valence-electron chi connectivity index (χ1n) is 9.33. The topological polar surface area (TPSA) is 62.5 Å². The molecule has 0 aliphatic heterocycles. The SMILES string of the molecule is CN=C(NCc1coc(-c2ccccc2)n1)NCC1CC1c1ccccc1. The Morgan fingerprint density at radius 2 is 1.81 bits per heavy atom. The fourth-order valence-corrected chi connectivity index (χ4v) is 3.31. The van der Waals surface area contributed by atoms with Crippen LogP contribution in [0.4, 0.5) is 0 Å². The van der Waals surface area contributed by atoms with Crippen molar-refractivity contribution in [3.63, 3.8) is 0 Å². The maximum Gasteiger partial charge on any atom is 0.226 e. The highest BCUT2D eigenvalue weighted by Crippen LogP contribution is 2.46. The molecule has 2 aromatic carbocycles. The number of hydrogen-bond donors (Lipinski definition) is 2. The van der Waals surface area contributed by atoms with Crippen molar-refractivity contribution < 1.29 is 4.42 Å². The quantitative estimate of drug-likeness (QED) is 0.518. The van der Waals surface area contributed by atoms with Crippen LogP contribution in [0.15, 0.2) is 76.3 Å². The van der Waals surface area contributed by atoms with Crippen LogP contribution in [0.25, 0.3) is 11.5 Å². The highest BCUT2D eigenvalue weighted by molar-refractivity contribution is 5.79. The molecule has 0 saturated heterocycles. The number of rotatable bonds is 6. The molecule has 0 amide bonds. The molecule has 1 heterocycles. The van der Waals surface area contributed by atoms with Gasteiger partial charge in [0.05, 0.1) is 12.2 Å². The number of nitrogens with one attached hydrogen (secondary N) is 2. The molecule has 4 rings (SSSR count). The molecule has 0 radical (unpaired) electrons. The zero-order valence-corrected chi connectivity index (χ0v) is 15.4. The second-order valence-electron chi connectivity index (χ2n) is 6.83. The van der Waals surface area contributed by atoms with Crippen molar-refractivity contribution in [1.29, 1.82) is 0 Å². The van der Waals surface area contributed by atoms with Crippen LogP contribution in [0.3, 0.4) is 0 Å². The van der Waals surface area contributed by atoms with Crippen molar-refractivity contribution in [3.05, 3.63) is 78.2 Å². The molecule has 3 aromatic rings. The van der Waals surface area contributed by atoms with E-state index in [2.05, 4.69) is 50.9 Å². The molecular weight excluding hydrogens is 336 g/mol. The van der Waals surface area contributed by atoms with E-state index in [9.17, 15) is 0 Å². The Morgan fingerprint density at radius 1 is 1.07 bits per heavy atom. The number of benzene rings is 2. The Morgan fingerprint density at radius 3 is 2.56 bits per heavy atom. The Hall–Kier alpha value is -3.08. The number of hydrogen-bond acceptors (Lipinski definition) is 3. The third kappa shape index (κ3) is 4.37. The van der Waals surface area contributed by atoms with Gasteiger partial charge >= 0.3 is 0 Å². The van der Waals surface area contributed by atoms with E-state index in [1.807, 2.05) is 30.3 Å². The fraction of sp³-hybridized carbons (Fsp3) is 0.273. The van der Waals surface area contributed by atoms with Crippen LogP contribution >= 0.6 is 0 Å².